The number of benzene rings is 4. The van der Waals surface area contributed by atoms with Gasteiger partial charge < -0.3 is 9.47 Å². The SMILES string of the molecule is C=C(C)C(=O)SCCCCSCc1cc(-c2ccc(S(=O)(=O)c3ccc(-c4ccc(OC)c(CSCCCCSC(=O)C(=C)C)c4)cc3)cc2)ccc1OC. The van der Waals surface area contributed by atoms with Crippen LogP contribution in [-0.4, -0.2) is 55.9 Å². The molecule has 0 amide bonds. The van der Waals surface area contributed by atoms with E-state index in [-0.39, 0.29) is 20.0 Å². The highest BCUT2D eigenvalue weighted by atomic mass is 32.2. The number of methoxy groups -OCH3 is 2. The fraction of sp³-hybridized carbons (Fsp3) is 0.318. The first-order chi connectivity index (χ1) is 26.4. The first kappa shape index (κ1) is 44.4. The molecule has 0 heterocycles. The van der Waals surface area contributed by atoms with E-state index in [2.05, 4.69) is 25.3 Å². The molecule has 0 aliphatic carbocycles. The second-order valence-corrected chi connectivity index (χ2v) is 19.3. The van der Waals surface area contributed by atoms with Crippen molar-refractivity contribution in [2.75, 3.05) is 37.2 Å². The lowest BCUT2D eigenvalue weighted by molar-refractivity contribution is -0.108. The van der Waals surface area contributed by atoms with Crippen molar-refractivity contribution in [3.05, 3.63) is 120 Å². The summed E-state index contributed by atoms with van der Waals surface area (Å²) in [6.07, 6.45) is 3.99. The molecule has 0 unspecified atom stereocenters. The lowest BCUT2D eigenvalue weighted by Crippen LogP contribution is -2.02. The normalized spacial score (nSPS) is 11.3. The number of unbranched alkanes of at least 4 members (excludes halogenated alkanes) is 2. The number of hydrogen-bond acceptors (Lipinski definition) is 10. The van der Waals surface area contributed by atoms with E-state index in [9.17, 15) is 18.0 Å². The molecule has 4 aromatic carbocycles. The van der Waals surface area contributed by atoms with E-state index in [0.29, 0.717) is 11.1 Å². The van der Waals surface area contributed by atoms with Crippen molar-refractivity contribution in [2.45, 2.75) is 60.8 Å². The summed E-state index contributed by atoms with van der Waals surface area (Å²) in [4.78, 5) is 23.9. The molecule has 0 bridgehead atoms. The van der Waals surface area contributed by atoms with E-state index in [1.165, 1.54) is 23.5 Å². The van der Waals surface area contributed by atoms with Crippen LogP contribution in [0.1, 0.15) is 50.7 Å². The highest BCUT2D eigenvalue weighted by Gasteiger charge is 2.18. The Labute approximate surface area is 344 Å². The lowest BCUT2D eigenvalue weighted by atomic mass is 10.0. The smallest absolute Gasteiger partial charge is 0.214 e. The van der Waals surface area contributed by atoms with Crippen molar-refractivity contribution in [3.63, 3.8) is 0 Å². The molecule has 0 saturated carbocycles. The summed E-state index contributed by atoms with van der Waals surface area (Å²) in [5.41, 5.74) is 7.16. The number of carbonyl (C=O) groups excluding carboxylic acids is 2. The number of thioether (sulfide) groups is 4. The van der Waals surface area contributed by atoms with E-state index < -0.39 is 9.84 Å². The average Bonchev–Trinajstić information content (AvgIpc) is 3.19. The molecule has 0 spiro atoms. The molecule has 292 valence electrons. The zero-order valence-corrected chi connectivity index (χ0v) is 36.1. The first-order valence-electron chi connectivity index (χ1n) is 18.0. The summed E-state index contributed by atoms with van der Waals surface area (Å²) in [6, 6.07) is 26.2. The summed E-state index contributed by atoms with van der Waals surface area (Å²) in [5, 5.41) is 0.127. The van der Waals surface area contributed by atoms with Crippen LogP contribution >= 0.6 is 47.0 Å². The largest absolute Gasteiger partial charge is 0.496 e. The Hall–Kier alpha value is -3.35. The highest BCUT2D eigenvalue weighted by Crippen LogP contribution is 2.33. The molecule has 55 heavy (non-hydrogen) atoms. The van der Waals surface area contributed by atoms with Gasteiger partial charge in [0, 0.05) is 34.1 Å². The maximum absolute atomic E-state index is 13.7. The van der Waals surface area contributed by atoms with Gasteiger partial charge in [-0.1, -0.05) is 73.1 Å². The molecule has 0 atom stereocenters. The molecule has 6 nitrogen and oxygen atoms in total. The summed E-state index contributed by atoms with van der Waals surface area (Å²) in [6.45, 7) is 10.9. The van der Waals surface area contributed by atoms with Gasteiger partial charge in [0.15, 0.2) is 0 Å². The topological polar surface area (TPSA) is 86.7 Å². The Morgan fingerprint density at radius 2 is 0.891 bits per heavy atom. The Kier molecular flexibility index (Phi) is 18.1. The molecule has 0 saturated heterocycles. The van der Waals surface area contributed by atoms with Crippen LogP contribution in [0, 0.1) is 0 Å². The first-order valence-corrected chi connectivity index (χ1v) is 23.8. The number of hydrogen-bond donors (Lipinski definition) is 0. The minimum absolute atomic E-state index is 0.0634. The maximum Gasteiger partial charge on any atom is 0.214 e. The third-order valence-electron chi connectivity index (χ3n) is 8.60. The van der Waals surface area contributed by atoms with Crippen LogP contribution in [0.5, 0.6) is 11.5 Å². The fourth-order valence-corrected chi connectivity index (χ4v) is 10.3. The average molecular weight is 835 g/mol. The third kappa shape index (κ3) is 13.4. The van der Waals surface area contributed by atoms with Crippen molar-refractivity contribution in [1.82, 2.24) is 0 Å². The molecule has 0 aliphatic rings. The van der Waals surface area contributed by atoms with Crippen LogP contribution in [0.4, 0.5) is 0 Å². The van der Waals surface area contributed by atoms with Gasteiger partial charge in [-0.25, -0.2) is 8.42 Å². The number of rotatable bonds is 22. The van der Waals surface area contributed by atoms with Gasteiger partial charge in [0.25, 0.3) is 0 Å². The second kappa shape index (κ2) is 22.4. The van der Waals surface area contributed by atoms with Gasteiger partial charge in [-0.15, -0.1) is 0 Å². The minimum Gasteiger partial charge on any atom is -0.496 e. The Morgan fingerprint density at radius 1 is 0.545 bits per heavy atom. The molecule has 0 radical (unpaired) electrons. The van der Waals surface area contributed by atoms with Crippen molar-refractivity contribution >= 4 is 67.1 Å². The van der Waals surface area contributed by atoms with Gasteiger partial charge in [0.05, 0.1) is 24.0 Å². The monoisotopic (exact) mass is 834 g/mol. The predicted octanol–water partition coefficient (Wildman–Crippen LogP) is 11.6. The number of sulfone groups is 1. The second-order valence-electron chi connectivity index (χ2n) is 13.0. The lowest BCUT2D eigenvalue weighted by Gasteiger charge is -2.12. The zero-order chi connectivity index (χ0) is 39.8. The highest BCUT2D eigenvalue weighted by molar-refractivity contribution is 8.14. The predicted molar refractivity (Wildman–Crippen MR) is 238 cm³/mol. The molecule has 0 aliphatic heterocycles. The van der Waals surface area contributed by atoms with Gasteiger partial charge in [-0.2, -0.15) is 23.5 Å². The molecule has 4 rings (SSSR count). The molecular formula is C44H50O6S5. The van der Waals surface area contributed by atoms with E-state index in [0.717, 1.165) is 105 Å². The van der Waals surface area contributed by atoms with Gasteiger partial charge in [-0.3, -0.25) is 9.59 Å². The minimum atomic E-state index is -3.73. The summed E-state index contributed by atoms with van der Waals surface area (Å²) in [5.74, 6) is 6.78. The fourth-order valence-electron chi connectivity index (χ4n) is 5.48. The molecule has 0 N–H and O–H groups in total. The third-order valence-corrected chi connectivity index (χ3v) is 14.8. The van der Waals surface area contributed by atoms with Crippen molar-refractivity contribution < 1.29 is 27.5 Å². The van der Waals surface area contributed by atoms with Gasteiger partial charge in [-0.05, 0) is 133 Å². The number of ether oxygens (including phenoxy) is 2. The summed E-state index contributed by atoms with van der Waals surface area (Å²) < 4.78 is 38.6. The Bertz CT molecular complexity index is 1900. The van der Waals surface area contributed by atoms with Crippen LogP contribution in [0.15, 0.2) is 119 Å². The van der Waals surface area contributed by atoms with E-state index in [4.69, 9.17) is 9.47 Å². The zero-order valence-electron chi connectivity index (χ0n) is 32.1. The summed E-state index contributed by atoms with van der Waals surface area (Å²) in [7, 11) is -0.395. The molecule has 11 heteroatoms. The van der Waals surface area contributed by atoms with Gasteiger partial charge >= 0.3 is 0 Å². The van der Waals surface area contributed by atoms with Crippen LogP contribution in [0.3, 0.4) is 0 Å². The van der Waals surface area contributed by atoms with Gasteiger partial charge in [0.2, 0.25) is 20.1 Å². The van der Waals surface area contributed by atoms with Crippen LogP contribution in [0.25, 0.3) is 22.3 Å². The summed E-state index contributed by atoms with van der Waals surface area (Å²) >= 11 is 6.33. The van der Waals surface area contributed by atoms with E-state index >= 15 is 0 Å². The van der Waals surface area contributed by atoms with Crippen molar-refractivity contribution in [2.24, 2.45) is 0 Å². The molecular weight excluding hydrogens is 785 g/mol. The molecule has 0 fully saturated rings. The standard InChI is InChI=1S/C44H50O6S5/c1-31(2)43(45)53-25-9-7-23-51-29-37-27-35(15-21-41(37)49-5)33-11-17-39(18-12-33)55(47,48)40-19-13-34(14-20-40)36-16-22-42(50-6)38(28-36)30-52-24-8-10-26-54-44(46)32(3)4/h11-22,27-28H,1,3,7-10,23-26,29-30H2,2,4-6H3. The quantitative estimate of drug-likeness (QED) is 0.0563. The maximum atomic E-state index is 13.7. The molecule has 4 aromatic rings. The van der Waals surface area contributed by atoms with E-state index in [1.807, 2.05) is 72.1 Å². The van der Waals surface area contributed by atoms with Crippen molar-refractivity contribution in [3.8, 4) is 33.8 Å². The Morgan fingerprint density at radius 3 is 1.24 bits per heavy atom. The van der Waals surface area contributed by atoms with E-state index in [1.54, 1.807) is 52.3 Å². The van der Waals surface area contributed by atoms with Gasteiger partial charge in [0.1, 0.15) is 11.5 Å². The molecule has 0 aromatic heterocycles. The van der Waals surface area contributed by atoms with Crippen LogP contribution in [-0.2, 0) is 30.9 Å². The Balaban J connectivity index is 1.35. The number of carbonyl (C=O) groups is 2. The van der Waals surface area contributed by atoms with Crippen LogP contribution < -0.4 is 9.47 Å². The van der Waals surface area contributed by atoms with Crippen LogP contribution in [0.2, 0.25) is 0 Å². The van der Waals surface area contributed by atoms with Crippen molar-refractivity contribution in [1.29, 1.82) is 0 Å².